The Kier molecular flexibility index (Phi) is 7.43. The Morgan fingerprint density at radius 2 is 2.16 bits per heavy atom. The van der Waals surface area contributed by atoms with E-state index in [-0.39, 0.29) is 5.91 Å². The van der Waals surface area contributed by atoms with E-state index in [4.69, 9.17) is 4.74 Å². The van der Waals surface area contributed by atoms with Crippen LogP contribution in [0, 0.1) is 0 Å². The molecule has 3 amide bonds. The number of ether oxygens (including phenoxy) is 1. The smallest absolute Gasteiger partial charge is 0.321 e. The molecule has 1 aliphatic heterocycles. The fraction of sp³-hybridized carbons (Fsp3) is 0.846. The highest BCUT2D eigenvalue weighted by atomic mass is 16.5. The molecule has 1 atom stereocenters. The fourth-order valence-corrected chi connectivity index (χ4v) is 2.39. The molecule has 0 aliphatic carbocycles. The summed E-state index contributed by atoms with van der Waals surface area (Å²) in [5.74, 6) is -0.240. The number of likely N-dealkylation sites (tertiary alicyclic amines) is 1. The van der Waals surface area contributed by atoms with Crippen LogP contribution in [-0.2, 0) is 9.53 Å². The maximum atomic E-state index is 11.8. The molecule has 110 valence electrons. The van der Waals surface area contributed by atoms with Crippen molar-refractivity contribution in [3.05, 3.63) is 0 Å². The van der Waals surface area contributed by atoms with E-state index in [9.17, 15) is 9.59 Å². The van der Waals surface area contributed by atoms with Crippen molar-refractivity contribution in [2.24, 2.45) is 0 Å². The van der Waals surface area contributed by atoms with Crippen LogP contribution in [0.2, 0.25) is 0 Å². The second-order valence-corrected chi connectivity index (χ2v) is 4.83. The molecule has 1 unspecified atom stereocenters. The Morgan fingerprint density at radius 3 is 2.84 bits per heavy atom. The van der Waals surface area contributed by atoms with Gasteiger partial charge in [-0.15, -0.1) is 0 Å². The Balaban J connectivity index is 2.27. The second-order valence-electron chi connectivity index (χ2n) is 4.83. The van der Waals surface area contributed by atoms with E-state index in [1.165, 1.54) is 6.42 Å². The molecule has 0 spiro atoms. The number of amides is 3. The van der Waals surface area contributed by atoms with Crippen molar-refractivity contribution in [3.8, 4) is 0 Å². The number of urea groups is 1. The molecular weight excluding hydrogens is 246 g/mol. The zero-order chi connectivity index (χ0) is 14.1. The van der Waals surface area contributed by atoms with E-state index >= 15 is 0 Å². The molecule has 1 aliphatic rings. The minimum Gasteiger partial charge on any atom is -0.383 e. The summed E-state index contributed by atoms with van der Waals surface area (Å²) in [7, 11) is 1.56. The number of rotatable bonds is 6. The molecule has 6 nitrogen and oxygen atoms in total. The van der Waals surface area contributed by atoms with Crippen molar-refractivity contribution >= 4 is 11.9 Å². The van der Waals surface area contributed by atoms with E-state index in [1.807, 2.05) is 0 Å². The largest absolute Gasteiger partial charge is 0.383 e. The lowest BCUT2D eigenvalue weighted by molar-refractivity contribution is -0.122. The first kappa shape index (κ1) is 15.9. The molecule has 0 aromatic carbocycles. The summed E-state index contributed by atoms with van der Waals surface area (Å²) in [6.07, 6.45) is 4.55. The van der Waals surface area contributed by atoms with Gasteiger partial charge in [0.1, 0.15) is 0 Å². The van der Waals surface area contributed by atoms with Gasteiger partial charge in [0.05, 0.1) is 13.2 Å². The molecule has 0 bridgehead atoms. The van der Waals surface area contributed by atoms with Gasteiger partial charge in [-0.3, -0.25) is 15.0 Å². The molecule has 1 rings (SSSR count). The van der Waals surface area contributed by atoms with Gasteiger partial charge >= 0.3 is 6.03 Å². The average molecular weight is 271 g/mol. The maximum absolute atomic E-state index is 11.8. The molecule has 2 N–H and O–H groups in total. The summed E-state index contributed by atoms with van der Waals surface area (Å²) >= 11 is 0. The van der Waals surface area contributed by atoms with E-state index in [0.717, 1.165) is 25.8 Å². The SMILES string of the molecule is CCC1CCCCN1CC(=O)NC(=O)NCCOC. The van der Waals surface area contributed by atoms with Gasteiger partial charge in [0.25, 0.3) is 0 Å². The summed E-state index contributed by atoms with van der Waals surface area (Å²) in [5.41, 5.74) is 0. The topological polar surface area (TPSA) is 70.7 Å². The van der Waals surface area contributed by atoms with Gasteiger partial charge in [0, 0.05) is 19.7 Å². The molecule has 0 radical (unpaired) electrons. The van der Waals surface area contributed by atoms with Crippen LogP contribution in [0.5, 0.6) is 0 Å². The summed E-state index contributed by atoms with van der Waals surface area (Å²) in [5, 5.41) is 4.91. The number of carbonyl (C=O) groups excluding carboxylic acids is 2. The monoisotopic (exact) mass is 271 g/mol. The number of carbonyl (C=O) groups is 2. The molecule has 0 aromatic rings. The third-order valence-corrected chi connectivity index (χ3v) is 3.41. The normalized spacial score (nSPS) is 20.0. The average Bonchev–Trinajstić information content (AvgIpc) is 2.39. The summed E-state index contributed by atoms with van der Waals surface area (Å²) < 4.78 is 4.81. The van der Waals surface area contributed by atoms with E-state index in [0.29, 0.717) is 25.7 Å². The van der Waals surface area contributed by atoms with E-state index in [1.54, 1.807) is 7.11 Å². The van der Waals surface area contributed by atoms with Crippen molar-refractivity contribution in [3.63, 3.8) is 0 Å². The lowest BCUT2D eigenvalue weighted by atomic mass is 10.0. The first-order valence-electron chi connectivity index (χ1n) is 6.98. The number of imide groups is 1. The van der Waals surface area contributed by atoms with Crippen LogP contribution in [0.1, 0.15) is 32.6 Å². The Hall–Kier alpha value is -1.14. The van der Waals surface area contributed by atoms with Gasteiger partial charge in [-0.05, 0) is 25.8 Å². The molecule has 6 heteroatoms. The first-order valence-corrected chi connectivity index (χ1v) is 6.98. The van der Waals surface area contributed by atoms with Gasteiger partial charge < -0.3 is 10.1 Å². The highest BCUT2D eigenvalue weighted by molar-refractivity contribution is 5.95. The zero-order valence-electron chi connectivity index (χ0n) is 11.9. The van der Waals surface area contributed by atoms with Crippen LogP contribution in [0.4, 0.5) is 4.79 Å². The van der Waals surface area contributed by atoms with Gasteiger partial charge in [-0.1, -0.05) is 13.3 Å². The van der Waals surface area contributed by atoms with Crippen molar-refractivity contribution in [1.82, 2.24) is 15.5 Å². The summed E-state index contributed by atoms with van der Waals surface area (Å²) in [6, 6.07) is 0.0168. The molecule has 19 heavy (non-hydrogen) atoms. The molecular formula is C13H25N3O3. The molecule has 0 saturated carbocycles. The number of hydrogen-bond acceptors (Lipinski definition) is 4. The number of nitrogens with zero attached hydrogens (tertiary/aromatic N) is 1. The summed E-state index contributed by atoms with van der Waals surface area (Å²) in [6.45, 7) is 4.22. The Bertz CT molecular complexity index is 297. The fourth-order valence-electron chi connectivity index (χ4n) is 2.39. The van der Waals surface area contributed by atoms with E-state index in [2.05, 4.69) is 22.5 Å². The molecule has 1 fully saturated rings. The number of hydrogen-bond donors (Lipinski definition) is 2. The molecule has 1 heterocycles. The quantitative estimate of drug-likeness (QED) is 0.698. The Labute approximate surface area is 114 Å². The van der Waals surface area contributed by atoms with Gasteiger partial charge in [-0.2, -0.15) is 0 Å². The van der Waals surface area contributed by atoms with Crippen LogP contribution < -0.4 is 10.6 Å². The number of nitrogens with one attached hydrogen (secondary N) is 2. The first-order chi connectivity index (χ1) is 9.17. The maximum Gasteiger partial charge on any atom is 0.321 e. The zero-order valence-corrected chi connectivity index (χ0v) is 11.9. The predicted molar refractivity (Wildman–Crippen MR) is 72.9 cm³/mol. The highest BCUT2D eigenvalue weighted by Crippen LogP contribution is 2.18. The number of piperidine rings is 1. The van der Waals surface area contributed by atoms with Gasteiger partial charge in [0.2, 0.25) is 5.91 Å². The summed E-state index contributed by atoms with van der Waals surface area (Å²) in [4.78, 5) is 25.3. The minimum absolute atomic E-state index is 0.240. The van der Waals surface area contributed by atoms with Crippen LogP contribution in [0.3, 0.4) is 0 Å². The lowest BCUT2D eigenvalue weighted by Crippen LogP contribution is -2.48. The van der Waals surface area contributed by atoms with Crippen molar-refractivity contribution in [2.45, 2.75) is 38.6 Å². The Morgan fingerprint density at radius 1 is 1.37 bits per heavy atom. The third kappa shape index (κ3) is 6.02. The van der Waals surface area contributed by atoms with Crippen LogP contribution in [0.15, 0.2) is 0 Å². The third-order valence-electron chi connectivity index (χ3n) is 3.41. The van der Waals surface area contributed by atoms with E-state index < -0.39 is 6.03 Å². The highest BCUT2D eigenvalue weighted by Gasteiger charge is 2.23. The van der Waals surface area contributed by atoms with Crippen LogP contribution >= 0.6 is 0 Å². The van der Waals surface area contributed by atoms with Crippen molar-refractivity contribution in [2.75, 3.05) is 33.4 Å². The standard InChI is InChI=1S/C13H25N3O3/c1-3-11-6-4-5-8-16(11)10-12(17)15-13(18)14-7-9-19-2/h11H,3-10H2,1-2H3,(H2,14,15,17,18). The van der Waals surface area contributed by atoms with Crippen molar-refractivity contribution in [1.29, 1.82) is 0 Å². The molecule has 1 saturated heterocycles. The minimum atomic E-state index is -0.452. The van der Waals surface area contributed by atoms with Gasteiger partial charge in [0.15, 0.2) is 0 Å². The van der Waals surface area contributed by atoms with Crippen molar-refractivity contribution < 1.29 is 14.3 Å². The van der Waals surface area contributed by atoms with Crippen LogP contribution in [-0.4, -0.2) is 56.2 Å². The molecule has 0 aromatic heterocycles. The van der Waals surface area contributed by atoms with Crippen LogP contribution in [0.25, 0.3) is 0 Å². The lowest BCUT2D eigenvalue weighted by Gasteiger charge is -2.34. The number of methoxy groups -OCH3 is 1. The second kappa shape index (κ2) is 8.87. The van der Waals surface area contributed by atoms with Gasteiger partial charge in [-0.25, -0.2) is 4.79 Å². The predicted octanol–water partition coefficient (Wildman–Crippen LogP) is 0.723.